The van der Waals surface area contributed by atoms with Crippen molar-refractivity contribution >= 4 is 11.6 Å². The van der Waals surface area contributed by atoms with Gasteiger partial charge in [0.15, 0.2) is 0 Å². The van der Waals surface area contributed by atoms with Gasteiger partial charge in [0, 0.05) is 18.8 Å². The fourth-order valence-electron chi connectivity index (χ4n) is 1.16. The van der Waals surface area contributed by atoms with Crippen molar-refractivity contribution in [3.8, 4) is 0 Å². The number of aromatic nitrogens is 2. The summed E-state index contributed by atoms with van der Waals surface area (Å²) in [5.74, 6) is -0.252. The van der Waals surface area contributed by atoms with Gasteiger partial charge in [0.2, 0.25) is 0 Å². The summed E-state index contributed by atoms with van der Waals surface area (Å²) in [5, 5.41) is 6.46. The average Bonchev–Trinajstić information content (AvgIpc) is 2.80. The van der Waals surface area contributed by atoms with Crippen molar-refractivity contribution in [3.05, 3.63) is 24.3 Å². The smallest absolute Gasteiger partial charge is 0.271 e. The third-order valence-corrected chi connectivity index (χ3v) is 1.92. The number of hydrogen-bond donors (Lipinski definition) is 1. The van der Waals surface area contributed by atoms with Crippen LogP contribution in [0.5, 0.6) is 0 Å². The molecule has 0 unspecified atom stereocenters. The molecule has 15 heavy (non-hydrogen) atoms. The molecule has 1 N–H and O–H groups in total. The number of nitrogens with zero attached hydrogens (tertiary/aromatic N) is 3. The Morgan fingerprint density at radius 2 is 2.47 bits per heavy atom. The molecule has 6 heteroatoms. The van der Waals surface area contributed by atoms with Crippen LogP contribution < -0.4 is 5.32 Å². The SMILES string of the molecule is O=C(NCC1=NOCC1)c1cnccn1. The third-order valence-electron chi connectivity index (χ3n) is 1.92. The van der Waals surface area contributed by atoms with Crippen molar-refractivity contribution in [3.63, 3.8) is 0 Å². The molecule has 6 nitrogen and oxygen atoms in total. The third kappa shape index (κ3) is 2.49. The van der Waals surface area contributed by atoms with Crippen molar-refractivity contribution in [2.24, 2.45) is 5.16 Å². The summed E-state index contributed by atoms with van der Waals surface area (Å²) in [5.41, 5.74) is 1.14. The van der Waals surface area contributed by atoms with Gasteiger partial charge in [-0.3, -0.25) is 9.78 Å². The van der Waals surface area contributed by atoms with Crippen LogP contribution in [0.25, 0.3) is 0 Å². The highest BCUT2D eigenvalue weighted by molar-refractivity contribution is 5.96. The van der Waals surface area contributed by atoms with Crippen LogP contribution in [0, 0.1) is 0 Å². The molecular formula is C9H10N4O2. The van der Waals surface area contributed by atoms with Crippen LogP contribution in [0.2, 0.25) is 0 Å². The molecule has 0 saturated carbocycles. The zero-order chi connectivity index (χ0) is 10.5. The van der Waals surface area contributed by atoms with Crippen LogP contribution in [-0.2, 0) is 4.84 Å². The molecule has 0 aliphatic carbocycles. The molecule has 1 amide bonds. The van der Waals surface area contributed by atoms with Gasteiger partial charge in [-0.15, -0.1) is 0 Å². The number of carbonyl (C=O) groups excluding carboxylic acids is 1. The summed E-state index contributed by atoms with van der Waals surface area (Å²) in [6, 6.07) is 0. The molecule has 1 aliphatic rings. The number of carbonyl (C=O) groups is 1. The van der Waals surface area contributed by atoms with Gasteiger partial charge < -0.3 is 10.2 Å². The summed E-state index contributed by atoms with van der Waals surface area (Å²) in [4.78, 5) is 24.0. The van der Waals surface area contributed by atoms with Gasteiger partial charge >= 0.3 is 0 Å². The van der Waals surface area contributed by atoms with Crippen LogP contribution >= 0.6 is 0 Å². The van der Waals surface area contributed by atoms with Crippen LogP contribution in [0.3, 0.4) is 0 Å². The minimum absolute atomic E-state index is 0.252. The van der Waals surface area contributed by atoms with Crippen LogP contribution in [0.1, 0.15) is 16.9 Å². The first-order valence-electron chi connectivity index (χ1n) is 4.58. The lowest BCUT2D eigenvalue weighted by atomic mass is 10.3. The number of nitrogens with one attached hydrogen (secondary N) is 1. The van der Waals surface area contributed by atoms with E-state index in [1.165, 1.54) is 18.6 Å². The molecule has 0 spiro atoms. The number of amides is 1. The number of oxime groups is 1. The van der Waals surface area contributed by atoms with Gasteiger partial charge in [-0.2, -0.15) is 0 Å². The zero-order valence-corrected chi connectivity index (χ0v) is 8.01. The van der Waals surface area contributed by atoms with Crippen molar-refractivity contribution < 1.29 is 9.63 Å². The predicted octanol–water partition coefficient (Wildman–Crippen LogP) is -0.0173. The van der Waals surface area contributed by atoms with E-state index in [1.54, 1.807) is 0 Å². The summed E-state index contributed by atoms with van der Waals surface area (Å²) in [6.07, 6.45) is 5.18. The fourth-order valence-corrected chi connectivity index (χ4v) is 1.16. The lowest BCUT2D eigenvalue weighted by Gasteiger charge is -2.01. The summed E-state index contributed by atoms with van der Waals surface area (Å²) in [7, 11) is 0. The summed E-state index contributed by atoms with van der Waals surface area (Å²) < 4.78 is 0. The van der Waals surface area contributed by atoms with E-state index in [-0.39, 0.29) is 5.91 Å². The lowest BCUT2D eigenvalue weighted by molar-refractivity contribution is 0.0954. The average molecular weight is 206 g/mol. The van der Waals surface area contributed by atoms with Crippen LogP contribution in [-0.4, -0.2) is 34.7 Å². The Bertz CT molecular complexity index is 377. The second-order valence-electron chi connectivity index (χ2n) is 3.01. The molecule has 2 rings (SSSR count). The van der Waals surface area contributed by atoms with Crippen molar-refractivity contribution in [2.45, 2.75) is 6.42 Å². The normalized spacial score (nSPS) is 14.3. The van der Waals surface area contributed by atoms with Gasteiger partial charge in [-0.1, -0.05) is 5.16 Å². The molecule has 0 aromatic carbocycles. The van der Waals surface area contributed by atoms with Gasteiger partial charge in [-0.25, -0.2) is 4.98 Å². The Labute approximate surface area is 86.4 Å². The molecule has 0 saturated heterocycles. The van der Waals surface area contributed by atoms with Gasteiger partial charge in [-0.05, 0) is 0 Å². The Kier molecular flexibility index (Phi) is 2.87. The Morgan fingerprint density at radius 1 is 1.53 bits per heavy atom. The highest BCUT2D eigenvalue weighted by Gasteiger charge is 2.11. The monoisotopic (exact) mass is 206 g/mol. The first kappa shape index (κ1) is 9.57. The van der Waals surface area contributed by atoms with E-state index >= 15 is 0 Å². The highest BCUT2D eigenvalue weighted by atomic mass is 16.6. The van der Waals surface area contributed by atoms with Crippen molar-refractivity contribution in [2.75, 3.05) is 13.2 Å². The Hall–Kier alpha value is -1.98. The molecule has 1 aliphatic heterocycles. The van der Waals surface area contributed by atoms with Crippen molar-refractivity contribution in [1.29, 1.82) is 0 Å². The molecule has 78 valence electrons. The highest BCUT2D eigenvalue weighted by Crippen LogP contribution is 1.98. The van der Waals surface area contributed by atoms with E-state index in [9.17, 15) is 4.79 Å². The minimum atomic E-state index is -0.252. The minimum Gasteiger partial charge on any atom is -0.395 e. The van der Waals surface area contributed by atoms with Crippen LogP contribution in [0.15, 0.2) is 23.7 Å². The molecule has 0 bridgehead atoms. The first-order valence-corrected chi connectivity index (χ1v) is 4.58. The summed E-state index contributed by atoms with van der Waals surface area (Å²) in [6.45, 7) is 0.992. The van der Waals surface area contributed by atoms with E-state index in [4.69, 9.17) is 4.84 Å². The maximum absolute atomic E-state index is 11.5. The standard InChI is InChI=1S/C9H10N4O2/c14-9(8-6-10-2-3-11-8)12-5-7-1-4-15-13-7/h2-3,6H,1,4-5H2,(H,12,14). The fraction of sp³-hybridized carbons (Fsp3) is 0.333. The quantitative estimate of drug-likeness (QED) is 0.754. The van der Waals surface area contributed by atoms with E-state index in [1.807, 2.05) is 0 Å². The second-order valence-corrected chi connectivity index (χ2v) is 3.01. The second kappa shape index (κ2) is 4.50. The van der Waals surface area contributed by atoms with E-state index < -0.39 is 0 Å². The maximum atomic E-state index is 11.5. The van der Waals surface area contributed by atoms with E-state index in [0.29, 0.717) is 18.8 Å². The predicted molar refractivity (Wildman–Crippen MR) is 52.4 cm³/mol. The van der Waals surface area contributed by atoms with E-state index in [0.717, 1.165) is 12.1 Å². The van der Waals surface area contributed by atoms with Gasteiger partial charge in [0.1, 0.15) is 12.3 Å². The maximum Gasteiger partial charge on any atom is 0.271 e. The van der Waals surface area contributed by atoms with Crippen LogP contribution in [0.4, 0.5) is 0 Å². The Morgan fingerprint density at radius 3 is 3.13 bits per heavy atom. The Balaban J connectivity index is 1.87. The van der Waals surface area contributed by atoms with Crippen molar-refractivity contribution in [1.82, 2.24) is 15.3 Å². The van der Waals surface area contributed by atoms with E-state index in [2.05, 4.69) is 20.4 Å². The largest absolute Gasteiger partial charge is 0.395 e. The van der Waals surface area contributed by atoms with Gasteiger partial charge in [0.25, 0.3) is 5.91 Å². The first-order chi connectivity index (χ1) is 7.36. The molecular weight excluding hydrogens is 196 g/mol. The molecule has 2 heterocycles. The number of rotatable bonds is 3. The molecule has 1 aromatic rings. The molecule has 1 aromatic heterocycles. The van der Waals surface area contributed by atoms with Gasteiger partial charge in [0.05, 0.1) is 18.5 Å². The topological polar surface area (TPSA) is 76.5 Å². The zero-order valence-electron chi connectivity index (χ0n) is 8.01. The summed E-state index contributed by atoms with van der Waals surface area (Å²) >= 11 is 0. The number of hydrogen-bond acceptors (Lipinski definition) is 5. The lowest BCUT2D eigenvalue weighted by Crippen LogP contribution is -2.29. The molecule has 0 fully saturated rings. The molecule has 0 radical (unpaired) electrons. The molecule has 0 atom stereocenters.